The quantitative estimate of drug-likeness (QED) is 0.256. The van der Waals surface area contributed by atoms with Gasteiger partial charge in [-0.1, -0.05) is 43.3 Å². The van der Waals surface area contributed by atoms with Crippen molar-refractivity contribution in [3.8, 4) is 5.75 Å². The lowest BCUT2D eigenvalue weighted by Crippen LogP contribution is -2.53. The Bertz CT molecular complexity index is 1810. The third-order valence-electron chi connectivity index (χ3n) is 10.2. The van der Waals surface area contributed by atoms with Crippen molar-refractivity contribution in [1.82, 2.24) is 25.0 Å². The molecule has 2 unspecified atom stereocenters. The Labute approximate surface area is 256 Å². The highest BCUT2D eigenvalue weighted by Gasteiger charge is 2.55. The summed E-state index contributed by atoms with van der Waals surface area (Å²) in [6.07, 6.45) is 3.05. The van der Waals surface area contributed by atoms with Crippen molar-refractivity contribution < 1.29 is 19.4 Å². The predicted molar refractivity (Wildman–Crippen MR) is 167 cm³/mol. The molecule has 0 fully saturated rings. The van der Waals surface area contributed by atoms with Gasteiger partial charge in [0.25, 0.3) is 0 Å². The van der Waals surface area contributed by atoms with Crippen molar-refractivity contribution in [2.75, 3.05) is 26.3 Å². The van der Waals surface area contributed by atoms with Gasteiger partial charge in [-0.15, -0.1) is 0 Å². The summed E-state index contributed by atoms with van der Waals surface area (Å²) in [6.45, 7) is 9.28. The molecule has 228 valence electrons. The Morgan fingerprint density at radius 2 is 2.05 bits per heavy atom. The van der Waals surface area contributed by atoms with Crippen LogP contribution in [0.15, 0.2) is 53.9 Å². The first-order valence-electron chi connectivity index (χ1n) is 16.0. The van der Waals surface area contributed by atoms with Crippen LogP contribution in [0, 0.1) is 0 Å². The Balaban J connectivity index is 1.25. The van der Waals surface area contributed by atoms with Gasteiger partial charge in [-0.2, -0.15) is 5.10 Å². The Kier molecular flexibility index (Phi) is 6.48. The van der Waals surface area contributed by atoms with Gasteiger partial charge in [0, 0.05) is 54.5 Å². The number of nitrogens with one attached hydrogen (secondary N) is 2. The van der Waals surface area contributed by atoms with E-state index in [4.69, 9.17) is 14.6 Å². The molecule has 4 aromatic rings. The average molecular weight is 594 g/mol. The number of carboxylic acid groups (broad SMARTS) is 1. The minimum Gasteiger partial charge on any atom is -0.493 e. The number of aromatic nitrogens is 3. The number of carboxylic acids is 1. The van der Waals surface area contributed by atoms with Crippen LogP contribution in [0.5, 0.6) is 5.75 Å². The van der Waals surface area contributed by atoms with Crippen molar-refractivity contribution in [3.05, 3.63) is 93.3 Å². The molecular formula is C35H39N5O4. The third kappa shape index (κ3) is 3.94. The largest absolute Gasteiger partial charge is 0.493 e. The number of hydrogen-bond acceptors (Lipinski definition) is 6. The van der Waals surface area contributed by atoms with Crippen LogP contribution < -0.4 is 10.1 Å². The first-order chi connectivity index (χ1) is 21.5. The molecule has 44 heavy (non-hydrogen) atoms. The number of fused-ring (bicyclic) bond motifs is 1. The minimum absolute atomic E-state index is 0.0440. The van der Waals surface area contributed by atoms with Crippen molar-refractivity contribution in [3.63, 3.8) is 0 Å². The standard InChI is InChI=1S/C35H39N5O4/c1-21-28-24(12-8-18-44-27-13-7-10-22-9-3-4-11-23(22)27)31(34(41)42)40-15-5-6-17-43-20-26-29-25(37-38-26)19-39-16-14-36-30(21)33(39)35(29,2)32(28)40/h3-4,7,9-11,13,21,36H,5-6,8,12,14-20H2,1-2H3,(H,37,38)(H,41,42). The summed E-state index contributed by atoms with van der Waals surface area (Å²) in [7, 11) is 0. The van der Waals surface area contributed by atoms with Gasteiger partial charge in [0.15, 0.2) is 0 Å². The zero-order valence-electron chi connectivity index (χ0n) is 25.4. The molecule has 9 nitrogen and oxygen atoms in total. The lowest BCUT2D eigenvalue weighted by molar-refractivity contribution is 0.0682. The van der Waals surface area contributed by atoms with Gasteiger partial charge >= 0.3 is 5.97 Å². The highest BCUT2D eigenvalue weighted by atomic mass is 16.5. The van der Waals surface area contributed by atoms with Crippen molar-refractivity contribution in [1.29, 1.82) is 0 Å². The average Bonchev–Trinajstić information content (AvgIpc) is 3.59. The van der Waals surface area contributed by atoms with Gasteiger partial charge < -0.3 is 29.4 Å². The molecule has 2 aromatic carbocycles. The van der Waals surface area contributed by atoms with E-state index in [0.717, 1.165) is 82.8 Å². The number of benzene rings is 2. The van der Waals surface area contributed by atoms with E-state index in [1.807, 2.05) is 24.3 Å². The van der Waals surface area contributed by atoms with Gasteiger partial charge in [0.1, 0.15) is 11.4 Å². The summed E-state index contributed by atoms with van der Waals surface area (Å²) >= 11 is 0. The summed E-state index contributed by atoms with van der Waals surface area (Å²) in [6, 6.07) is 14.4. The van der Waals surface area contributed by atoms with E-state index in [1.54, 1.807) is 0 Å². The fraction of sp³-hybridized carbons (Fsp3) is 0.429. The minimum atomic E-state index is -0.863. The molecule has 0 saturated carbocycles. The molecular weight excluding hydrogens is 554 g/mol. The van der Waals surface area contributed by atoms with Gasteiger partial charge in [-0.05, 0) is 55.2 Å². The highest BCUT2D eigenvalue weighted by molar-refractivity contribution is 5.90. The normalized spacial score (nSPS) is 22.3. The predicted octanol–water partition coefficient (Wildman–Crippen LogP) is 5.44. The van der Waals surface area contributed by atoms with Gasteiger partial charge in [0.2, 0.25) is 0 Å². The lowest BCUT2D eigenvalue weighted by atomic mass is 9.64. The second kappa shape index (κ2) is 10.4. The summed E-state index contributed by atoms with van der Waals surface area (Å²) in [5.74, 6) is 0.0437. The number of hydrogen-bond donors (Lipinski definition) is 3. The van der Waals surface area contributed by atoms with Crippen LogP contribution in [0.1, 0.15) is 83.3 Å². The number of allylic oxidation sites excluding steroid dienone is 2. The van der Waals surface area contributed by atoms with Crippen molar-refractivity contribution in [2.45, 2.75) is 70.6 Å². The van der Waals surface area contributed by atoms with E-state index in [9.17, 15) is 9.90 Å². The van der Waals surface area contributed by atoms with E-state index in [0.29, 0.717) is 44.9 Å². The molecule has 5 heterocycles. The first-order valence-corrected chi connectivity index (χ1v) is 16.0. The maximum absolute atomic E-state index is 13.2. The number of rotatable bonds is 6. The number of H-pyrrole nitrogens is 1. The van der Waals surface area contributed by atoms with Crippen LogP contribution >= 0.6 is 0 Å². The molecule has 0 amide bonds. The zero-order valence-corrected chi connectivity index (χ0v) is 25.4. The van der Waals surface area contributed by atoms with E-state index < -0.39 is 11.4 Å². The molecule has 0 bridgehead atoms. The maximum atomic E-state index is 13.2. The van der Waals surface area contributed by atoms with Crippen molar-refractivity contribution in [2.24, 2.45) is 0 Å². The van der Waals surface area contributed by atoms with E-state index >= 15 is 0 Å². The number of nitrogens with zero attached hydrogens (tertiary/aromatic N) is 3. The molecule has 3 N–H and O–H groups in total. The first kappa shape index (κ1) is 27.3. The fourth-order valence-corrected chi connectivity index (χ4v) is 8.52. The number of ether oxygens (including phenoxy) is 2. The topological polar surface area (TPSA) is 105 Å². The number of aromatic amines is 1. The zero-order chi connectivity index (χ0) is 30.0. The number of carbonyl (C=O) groups is 1. The number of aromatic carboxylic acids is 1. The lowest BCUT2D eigenvalue weighted by Gasteiger charge is -2.52. The fourth-order valence-electron chi connectivity index (χ4n) is 8.52. The molecule has 9 heteroatoms. The highest BCUT2D eigenvalue weighted by Crippen LogP contribution is 2.57. The van der Waals surface area contributed by atoms with Gasteiger partial charge in [-0.3, -0.25) is 5.10 Å². The van der Waals surface area contributed by atoms with E-state index in [-0.39, 0.29) is 5.92 Å². The SMILES string of the molecule is CC1C2=C3N(CCN2)Cc2[nH]nc4c2C3(C)c2c1c(CCCOc1cccc3ccccc13)c(C(=O)O)n2CCCCOC4. The second-order valence-corrected chi connectivity index (χ2v) is 12.7. The Morgan fingerprint density at radius 3 is 2.93 bits per heavy atom. The van der Waals surface area contributed by atoms with Crippen LogP contribution in [-0.2, 0) is 36.3 Å². The van der Waals surface area contributed by atoms with Crippen molar-refractivity contribution >= 4 is 16.7 Å². The Hall–Kier alpha value is -4.24. The molecule has 0 radical (unpaired) electrons. The molecule has 4 aliphatic rings. The Morgan fingerprint density at radius 1 is 1.18 bits per heavy atom. The van der Waals surface area contributed by atoms with Gasteiger partial charge in [0.05, 0.1) is 42.3 Å². The smallest absolute Gasteiger partial charge is 0.352 e. The molecule has 8 rings (SSSR count). The molecule has 0 spiro atoms. The molecule has 1 aliphatic carbocycles. The summed E-state index contributed by atoms with van der Waals surface area (Å²) < 4.78 is 14.6. The summed E-state index contributed by atoms with van der Waals surface area (Å²) in [5.41, 5.74) is 8.74. The maximum Gasteiger partial charge on any atom is 0.352 e. The van der Waals surface area contributed by atoms with E-state index in [2.05, 4.69) is 51.9 Å². The molecule has 2 aromatic heterocycles. The van der Waals surface area contributed by atoms with Crippen LogP contribution in [0.3, 0.4) is 0 Å². The van der Waals surface area contributed by atoms with Crippen LogP contribution in [-0.4, -0.2) is 57.0 Å². The van der Waals surface area contributed by atoms with E-state index in [1.165, 1.54) is 11.4 Å². The van der Waals surface area contributed by atoms with Crippen LogP contribution in [0.4, 0.5) is 0 Å². The third-order valence-corrected chi connectivity index (χ3v) is 10.2. The second-order valence-electron chi connectivity index (χ2n) is 12.7. The summed E-state index contributed by atoms with van der Waals surface area (Å²) in [4.78, 5) is 15.7. The monoisotopic (exact) mass is 593 g/mol. The molecule has 2 atom stereocenters. The molecule has 0 saturated heterocycles. The van der Waals surface area contributed by atoms with Crippen LogP contribution in [0.25, 0.3) is 10.8 Å². The van der Waals surface area contributed by atoms with Gasteiger partial charge in [-0.25, -0.2) is 4.79 Å². The molecule has 3 aliphatic heterocycles. The summed E-state index contributed by atoms with van der Waals surface area (Å²) in [5, 5.41) is 25.0. The van der Waals surface area contributed by atoms with Crippen LogP contribution in [0.2, 0.25) is 0 Å².